The molecule has 1 aromatic rings. The molecule has 0 aliphatic heterocycles. The molecule has 0 aromatic heterocycles. The van der Waals surface area contributed by atoms with Crippen molar-refractivity contribution in [1.82, 2.24) is 0 Å². The van der Waals surface area contributed by atoms with Crippen LogP contribution in [0, 0.1) is 28.6 Å². The number of ketones is 1. The standard InChI is InChI=1S/C28H34O5/c1-17(29)32-20-11-13-27(2)19(15-20)16-23(30)25-21-9-10-24(28(21,3)14-12-22(25)27)33-26(31)18-7-5-4-6-8-18/h4-8,16,20-22,24-25H,9-15H2,1-3H3/t20-,21-,22-,24-,25-,27-,28-/m0/s1. The molecule has 3 saturated carbocycles. The molecule has 5 rings (SSSR count). The molecule has 0 saturated heterocycles. The van der Waals surface area contributed by atoms with Crippen LogP contribution in [0.2, 0.25) is 0 Å². The van der Waals surface area contributed by atoms with Gasteiger partial charge in [-0.3, -0.25) is 9.59 Å². The molecule has 5 heteroatoms. The van der Waals surface area contributed by atoms with E-state index >= 15 is 0 Å². The van der Waals surface area contributed by atoms with Crippen LogP contribution in [-0.4, -0.2) is 29.9 Å². The van der Waals surface area contributed by atoms with Crippen molar-refractivity contribution in [3.8, 4) is 0 Å². The number of carbonyl (C=O) groups is 3. The number of ether oxygens (including phenoxy) is 2. The summed E-state index contributed by atoms with van der Waals surface area (Å²) in [5, 5.41) is 0. The predicted molar refractivity (Wildman–Crippen MR) is 123 cm³/mol. The van der Waals surface area contributed by atoms with Gasteiger partial charge in [-0.15, -0.1) is 0 Å². The molecule has 5 nitrogen and oxygen atoms in total. The van der Waals surface area contributed by atoms with Crippen LogP contribution in [0.5, 0.6) is 0 Å². The highest BCUT2D eigenvalue weighted by Gasteiger charge is 2.62. The summed E-state index contributed by atoms with van der Waals surface area (Å²) in [4.78, 5) is 37.7. The van der Waals surface area contributed by atoms with Gasteiger partial charge in [0.2, 0.25) is 0 Å². The molecule has 0 unspecified atom stereocenters. The lowest BCUT2D eigenvalue weighted by molar-refractivity contribution is -0.149. The van der Waals surface area contributed by atoms with E-state index < -0.39 is 0 Å². The fourth-order valence-corrected chi connectivity index (χ4v) is 7.62. The van der Waals surface area contributed by atoms with Gasteiger partial charge in [0.05, 0.1) is 5.56 Å². The molecule has 4 aliphatic rings. The fraction of sp³-hybridized carbons (Fsp3) is 0.607. The Morgan fingerprint density at radius 2 is 1.70 bits per heavy atom. The molecule has 0 spiro atoms. The Hall–Kier alpha value is -2.43. The van der Waals surface area contributed by atoms with Crippen LogP contribution in [0.1, 0.15) is 76.1 Å². The fourth-order valence-electron chi connectivity index (χ4n) is 7.62. The minimum Gasteiger partial charge on any atom is -0.462 e. The van der Waals surface area contributed by atoms with Crippen molar-refractivity contribution < 1.29 is 23.9 Å². The first-order valence-electron chi connectivity index (χ1n) is 12.4. The Balaban J connectivity index is 1.37. The summed E-state index contributed by atoms with van der Waals surface area (Å²) < 4.78 is 11.5. The van der Waals surface area contributed by atoms with Crippen molar-refractivity contribution in [2.75, 3.05) is 0 Å². The molecule has 33 heavy (non-hydrogen) atoms. The number of allylic oxidation sites excluding steroid dienone is 1. The van der Waals surface area contributed by atoms with E-state index in [0.29, 0.717) is 17.9 Å². The number of hydrogen-bond donors (Lipinski definition) is 0. The first kappa shape index (κ1) is 22.4. The summed E-state index contributed by atoms with van der Waals surface area (Å²) in [7, 11) is 0. The van der Waals surface area contributed by atoms with Crippen LogP contribution in [-0.2, 0) is 19.1 Å². The Morgan fingerprint density at radius 1 is 0.939 bits per heavy atom. The summed E-state index contributed by atoms with van der Waals surface area (Å²) >= 11 is 0. The van der Waals surface area contributed by atoms with E-state index in [1.165, 1.54) is 12.5 Å². The number of hydrogen-bond acceptors (Lipinski definition) is 5. The van der Waals surface area contributed by atoms with Crippen LogP contribution in [0.4, 0.5) is 0 Å². The average molecular weight is 451 g/mol. The third-order valence-corrected chi connectivity index (χ3v) is 9.41. The number of esters is 2. The van der Waals surface area contributed by atoms with Gasteiger partial charge in [-0.05, 0) is 74.0 Å². The van der Waals surface area contributed by atoms with Crippen molar-refractivity contribution in [1.29, 1.82) is 0 Å². The van der Waals surface area contributed by atoms with E-state index in [-0.39, 0.29) is 52.6 Å². The van der Waals surface area contributed by atoms with E-state index in [1.54, 1.807) is 12.1 Å². The van der Waals surface area contributed by atoms with Crippen molar-refractivity contribution in [2.45, 2.75) is 77.9 Å². The van der Waals surface area contributed by atoms with Crippen molar-refractivity contribution in [3.05, 3.63) is 47.5 Å². The second kappa shape index (κ2) is 8.11. The van der Waals surface area contributed by atoms with Gasteiger partial charge in [-0.25, -0.2) is 4.79 Å². The van der Waals surface area contributed by atoms with E-state index in [1.807, 2.05) is 24.3 Å². The largest absolute Gasteiger partial charge is 0.462 e. The summed E-state index contributed by atoms with van der Waals surface area (Å²) in [6.45, 7) is 6.00. The Kier molecular flexibility index (Phi) is 5.49. The molecular weight excluding hydrogens is 416 g/mol. The first-order valence-corrected chi connectivity index (χ1v) is 12.4. The monoisotopic (exact) mass is 450 g/mol. The predicted octanol–water partition coefficient (Wildman–Crippen LogP) is 5.29. The number of benzene rings is 1. The number of carbonyl (C=O) groups excluding carboxylic acids is 3. The maximum atomic E-state index is 13.5. The van der Waals surface area contributed by atoms with Crippen LogP contribution in [0.15, 0.2) is 42.0 Å². The van der Waals surface area contributed by atoms with Crippen LogP contribution in [0.25, 0.3) is 0 Å². The van der Waals surface area contributed by atoms with Gasteiger partial charge in [-0.1, -0.05) is 37.6 Å². The zero-order valence-electron chi connectivity index (χ0n) is 19.8. The molecule has 7 atom stereocenters. The van der Waals surface area contributed by atoms with Crippen molar-refractivity contribution in [2.24, 2.45) is 28.6 Å². The van der Waals surface area contributed by atoms with Gasteiger partial charge < -0.3 is 9.47 Å². The van der Waals surface area contributed by atoms with Crippen molar-refractivity contribution >= 4 is 17.7 Å². The summed E-state index contributed by atoms with van der Waals surface area (Å²) in [6.07, 6.45) is 7.75. The summed E-state index contributed by atoms with van der Waals surface area (Å²) in [6, 6.07) is 9.17. The van der Waals surface area contributed by atoms with E-state index in [4.69, 9.17) is 9.47 Å². The zero-order valence-corrected chi connectivity index (χ0v) is 19.8. The second-order valence-electron chi connectivity index (χ2n) is 11.1. The van der Waals surface area contributed by atoms with Crippen LogP contribution < -0.4 is 0 Å². The van der Waals surface area contributed by atoms with E-state index in [9.17, 15) is 14.4 Å². The van der Waals surface area contributed by atoms with E-state index in [0.717, 1.165) is 38.5 Å². The highest BCUT2D eigenvalue weighted by molar-refractivity contribution is 5.94. The lowest BCUT2D eigenvalue weighted by atomic mass is 9.47. The molecule has 3 fully saturated rings. The van der Waals surface area contributed by atoms with Gasteiger partial charge in [0.25, 0.3) is 0 Å². The Bertz CT molecular complexity index is 997. The molecule has 0 bridgehead atoms. The van der Waals surface area contributed by atoms with E-state index in [2.05, 4.69) is 13.8 Å². The second-order valence-corrected chi connectivity index (χ2v) is 11.1. The van der Waals surface area contributed by atoms with Gasteiger partial charge in [0.15, 0.2) is 5.78 Å². The molecule has 176 valence electrons. The molecular formula is C28H34O5. The number of fused-ring (bicyclic) bond motifs is 5. The van der Waals surface area contributed by atoms with Gasteiger partial charge in [0, 0.05) is 24.7 Å². The minimum absolute atomic E-state index is 0.0109. The lowest BCUT2D eigenvalue weighted by Crippen LogP contribution is -2.54. The lowest BCUT2D eigenvalue weighted by Gasteiger charge is -2.56. The van der Waals surface area contributed by atoms with Crippen molar-refractivity contribution in [3.63, 3.8) is 0 Å². The topological polar surface area (TPSA) is 69.7 Å². The average Bonchev–Trinajstić information content (AvgIpc) is 3.11. The molecule has 0 N–H and O–H groups in total. The van der Waals surface area contributed by atoms with Gasteiger partial charge >= 0.3 is 11.9 Å². The molecule has 4 aliphatic carbocycles. The van der Waals surface area contributed by atoms with Gasteiger partial charge in [-0.2, -0.15) is 0 Å². The third-order valence-electron chi connectivity index (χ3n) is 9.41. The summed E-state index contributed by atoms with van der Waals surface area (Å²) in [5.41, 5.74) is 1.56. The van der Waals surface area contributed by atoms with Crippen LogP contribution >= 0.6 is 0 Å². The van der Waals surface area contributed by atoms with Gasteiger partial charge in [0.1, 0.15) is 12.2 Å². The zero-order chi connectivity index (χ0) is 23.4. The maximum absolute atomic E-state index is 13.5. The Morgan fingerprint density at radius 3 is 2.42 bits per heavy atom. The maximum Gasteiger partial charge on any atom is 0.338 e. The smallest absolute Gasteiger partial charge is 0.338 e. The highest BCUT2D eigenvalue weighted by atomic mass is 16.5. The molecule has 0 heterocycles. The normalized spacial score (nSPS) is 39.5. The quantitative estimate of drug-likeness (QED) is 0.586. The summed E-state index contributed by atoms with van der Waals surface area (Å²) in [5.74, 6) is 0.241. The van der Waals surface area contributed by atoms with Crippen LogP contribution in [0.3, 0.4) is 0 Å². The molecule has 0 amide bonds. The Labute approximate surface area is 195 Å². The highest BCUT2D eigenvalue weighted by Crippen LogP contribution is 2.64. The molecule has 0 radical (unpaired) electrons. The first-order chi connectivity index (χ1) is 15.7. The molecule has 1 aromatic carbocycles. The third kappa shape index (κ3) is 3.64. The number of rotatable bonds is 3. The SMILES string of the molecule is CC(=O)O[C@H]1CC[C@@]2(C)C(=CC(=O)[C@H]3[C@@H]4CC[C@H](OC(=O)c5ccccc5)[C@@]4(C)CC[C@@H]32)C1. The minimum atomic E-state index is -0.266.